The van der Waals surface area contributed by atoms with Crippen molar-refractivity contribution < 1.29 is 0 Å². The van der Waals surface area contributed by atoms with E-state index in [-0.39, 0.29) is 0 Å². The van der Waals surface area contributed by atoms with Crippen LogP contribution >= 0.6 is 0 Å². The number of nitrogens with two attached hydrogens (primary N) is 1. The minimum absolute atomic E-state index is 0.981. The summed E-state index contributed by atoms with van der Waals surface area (Å²) in [6.45, 7) is 17.9. The molecule has 0 aliphatic carbocycles. The van der Waals surface area contributed by atoms with Crippen LogP contribution in [0.25, 0.3) is 0 Å². The first-order chi connectivity index (χ1) is 8.77. The van der Waals surface area contributed by atoms with Gasteiger partial charge in [-0.2, -0.15) is 0 Å². The molecule has 1 heterocycles. The Morgan fingerprint density at radius 1 is 1.06 bits per heavy atom. The lowest BCUT2D eigenvalue weighted by Crippen LogP contribution is -2.27. The van der Waals surface area contributed by atoms with Gasteiger partial charge >= 0.3 is 0 Å². The minimum atomic E-state index is 0.981. The second-order valence-electron chi connectivity index (χ2n) is 3.10. The van der Waals surface area contributed by atoms with E-state index in [1.165, 1.54) is 11.1 Å². The van der Waals surface area contributed by atoms with Crippen LogP contribution in [0.15, 0.2) is 36.1 Å². The van der Waals surface area contributed by atoms with E-state index < -0.39 is 0 Å². The molecule has 0 unspecified atom stereocenters. The second-order valence-corrected chi connectivity index (χ2v) is 3.10. The summed E-state index contributed by atoms with van der Waals surface area (Å²) in [4.78, 5) is 2.28. The molecule has 2 heteroatoms. The summed E-state index contributed by atoms with van der Waals surface area (Å²) in [7, 11) is 2.12. The molecule has 1 rings (SSSR count). The molecule has 0 aromatic carbocycles. The van der Waals surface area contributed by atoms with E-state index in [0.29, 0.717) is 0 Å². The highest BCUT2D eigenvalue weighted by Crippen LogP contribution is 2.18. The number of hydrogen-bond donors (Lipinski definition) is 1. The maximum Gasteiger partial charge on any atom is 0.0234 e. The normalized spacial score (nSPS) is 14.6. The van der Waals surface area contributed by atoms with Crippen molar-refractivity contribution in [2.24, 2.45) is 5.73 Å². The third kappa shape index (κ3) is 10.2. The van der Waals surface area contributed by atoms with E-state index in [9.17, 15) is 0 Å². The molecule has 1 aliphatic rings. The molecule has 0 bridgehead atoms. The minimum Gasteiger partial charge on any atom is -0.405 e. The molecule has 0 saturated heterocycles. The van der Waals surface area contributed by atoms with E-state index in [4.69, 9.17) is 5.73 Å². The predicted molar refractivity (Wildman–Crippen MR) is 86.7 cm³/mol. The van der Waals surface area contributed by atoms with Crippen molar-refractivity contribution in [3.8, 4) is 0 Å². The van der Waals surface area contributed by atoms with Gasteiger partial charge in [0.05, 0.1) is 0 Å². The third-order valence-electron chi connectivity index (χ3n) is 2.16. The maximum absolute atomic E-state index is 5.35. The van der Waals surface area contributed by atoms with Gasteiger partial charge in [0.15, 0.2) is 0 Å². The van der Waals surface area contributed by atoms with Crippen LogP contribution in [-0.2, 0) is 0 Å². The summed E-state index contributed by atoms with van der Waals surface area (Å²) in [5.41, 5.74) is 7.98. The zero-order valence-corrected chi connectivity index (χ0v) is 13.6. The first kappa shape index (κ1) is 22.2. The lowest BCUT2D eigenvalue weighted by Gasteiger charge is -2.24. The van der Waals surface area contributed by atoms with Gasteiger partial charge in [-0.3, -0.25) is 0 Å². The van der Waals surface area contributed by atoms with Gasteiger partial charge in [-0.1, -0.05) is 54.2 Å². The van der Waals surface area contributed by atoms with Crippen LogP contribution in [0.4, 0.5) is 0 Å². The first-order valence-corrected chi connectivity index (χ1v) is 7.19. The van der Waals surface area contributed by atoms with Crippen LogP contribution in [0.2, 0.25) is 0 Å². The van der Waals surface area contributed by atoms with Gasteiger partial charge in [-0.15, -0.1) is 0 Å². The van der Waals surface area contributed by atoms with E-state index in [1.807, 2.05) is 53.7 Å². The molecule has 0 atom stereocenters. The molecular formula is C16H34N2. The summed E-state index contributed by atoms with van der Waals surface area (Å²) >= 11 is 0. The van der Waals surface area contributed by atoms with Gasteiger partial charge in [0.2, 0.25) is 0 Å². The van der Waals surface area contributed by atoms with Gasteiger partial charge in [-0.05, 0) is 36.9 Å². The highest BCUT2D eigenvalue weighted by Gasteiger charge is 2.11. The van der Waals surface area contributed by atoms with Crippen molar-refractivity contribution in [1.82, 2.24) is 4.90 Å². The summed E-state index contributed by atoms with van der Waals surface area (Å²) in [6.07, 6.45) is 6.58. The molecule has 0 amide bonds. The Morgan fingerprint density at radius 2 is 1.56 bits per heavy atom. The van der Waals surface area contributed by atoms with E-state index in [1.54, 1.807) is 6.20 Å². The molecule has 2 N–H and O–H groups in total. The molecule has 1 aliphatic heterocycles. The average Bonchev–Trinajstić information content (AvgIpc) is 2.46. The highest BCUT2D eigenvalue weighted by molar-refractivity contribution is 5.34. The standard InChI is InChI=1S/C10H16N2.3C2H6/c1-3-9-5-7-12(2)8-10(9)4-6-11;3*1-2/h3-4,6H,1,5,7-8,11H2,2H3;3*1-2H3/b6-4-;;;. The van der Waals surface area contributed by atoms with Crippen molar-refractivity contribution in [3.05, 3.63) is 36.1 Å². The molecule has 0 spiro atoms. The lowest BCUT2D eigenvalue weighted by atomic mass is 10.0. The molecule has 0 radical (unpaired) electrons. The van der Waals surface area contributed by atoms with E-state index >= 15 is 0 Å². The predicted octanol–water partition coefficient (Wildman–Crippen LogP) is 4.36. The van der Waals surface area contributed by atoms with Crippen LogP contribution in [-0.4, -0.2) is 25.0 Å². The number of allylic oxidation sites excluding steroid dienone is 1. The van der Waals surface area contributed by atoms with Crippen molar-refractivity contribution in [2.75, 3.05) is 20.1 Å². The Kier molecular flexibility index (Phi) is 22.6. The summed E-state index contributed by atoms with van der Waals surface area (Å²) in [5.74, 6) is 0. The van der Waals surface area contributed by atoms with Gasteiger partial charge in [0.1, 0.15) is 0 Å². The second kappa shape index (κ2) is 18.3. The quantitative estimate of drug-likeness (QED) is 0.793. The zero-order chi connectivity index (χ0) is 15.0. The number of nitrogens with zero attached hydrogens (tertiary/aromatic N) is 1. The van der Waals surface area contributed by atoms with Crippen LogP contribution in [0, 0.1) is 0 Å². The van der Waals surface area contributed by atoms with Crippen molar-refractivity contribution >= 4 is 0 Å². The van der Waals surface area contributed by atoms with Crippen LogP contribution in [0.5, 0.6) is 0 Å². The topological polar surface area (TPSA) is 29.3 Å². The average molecular weight is 254 g/mol. The Labute approximate surface area is 115 Å². The van der Waals surface area contributed by atoms with E-state index in [2.05, 4.69) is 18.5 Å². The largest absolute Gasteiger partial charge is 0.405 e. The Balaban J connectivity index is -0.000000328. The van der Waals surface area contributed by atoms with Gasteiger partial charge < -0.3 is 10.6 Å². The van der Waals surface area contributed by atoms with Crippen molar-refractivity contribution in [1.29, 1.82) is 0 Å². The first-order valence-electron chi connectivity index (χ1n) is 7.19. The van der Waals surface area contributed by atoms with Crippen molar-refractivity contribution in [2.45, 2.75) is 48.0 Å². The van der Waals surface area contributed by atoms with Gasteiger partial charge in [0.25, 0.3) is 0 Å². The molecule has 0 saturated carbocycles. The van der Waals surface area contributed by atoms with Crippen LogP contribution in [0.3, 0.4) is 0 Å². The fourth-order valence-corrected chi connectivity index (χ4v) is 1.45. The maximum atomic E-state index is 5.35. The summed E-state index contributed by atoms with van der Waals surface area (Å²) in [6, 6.07) is 0. The van der Waals surface area contributed by atoms with Crippen LogP contribution < -0.4 is 5.73 Å². The molecule has 2 nitrogen and oxygen atoms in total. The smallest absolute Gasteiger partial charge is 0.0234 e. The number of likely N-dealkylation sites (N-methyl/N-ethyl adjacent to an activating group) is 1. The van der Waals surface area contributed by atoms with E-state index in [0.717, 1.165) is 19.5 Å². The summed E-state index contributed by atoms with van der Waals surface area (Å²) in [5, 5.41) is 0. The number of rotatable bonds is 2. The van der Waals surface area contributed by atoms with Gasteiger partial charge in [-0.25, -0.2) is 0 Å². The van der Waals surface area contributed by atoms with Gasteiger partial charge in [0, 0.05) is 13.1 Å². The SMILES string of the molecule is C=CC1=C(/C=C\N)CN(C)CC1.CC.CC.CC. The molecule has 0 fully saturated rings. The molecular weight excluding hydrogens is 220 g/mol. The summed E-state index contributed by atoms with van der Waals surface area (Å²) < 4.78 is 0. The lowest BCUT2D eigenvalue weighted by molar-refractivity contribution is 0.354. The fraction of sp³-hybridized carbons (Fsp3) is 0.625. The Morgan fingerprint density at radius 3 is 1.94 bits per heavy atom. The van der Waals surface area contributed by atoms with Crippen LogP contribution in [0.1, 0.15) is 48.0 Å². The fourth-order valence-electron chi connectivity index (χ4n) is 1.45. The molecule has 18 heavy (non-hydrogen) atoms. The molecule has 0 aromatic heterocycles. The zero-order valence-electron chi connectivity index (χ0n) is 13.6. The van der Waals surface area contributed by atoms with Crippen molar-refractivity contribution in [3.63, 3.8) is 0 Å². The Bertz CT molecular complexity index is 227. The number of hydrogen-bond acceptors (Lipinski definition) is 2. The molecule has 0 aromatic rings. The third-order valence-corrected chi connectivity index (χ3v) is 2.16. The highest BCUT2D eigenvalue weighted by atomic mass is 15.1. The monoisotopic (exact) mass is 254 g/mol. The molecule has 108 valence electrons. The Hall–Kier alpha value is -1.02.